The maximum absolute atomic E-state index is 5.45. The van der Waals surface area contributed by atoms with Gasteiger partial charge in [0.15, 0.2) is 16.6 Å². The van der Waals surface area contributed by atoms with Gasteiger partial charge in [-0.15, -0.1) is 0 Å². The fourth-order valence-electron chi connectivity index (χ4n) is 3.37. The van der Waals surface area contributed by atoms with Gasteiger partial charge in [0, 0.05) is 30.5 Å². The smallest absolute Gasteiger partial charge is 0.231 e. The summed E-state index contributed by atoms with van der Waals surface area (Å²) in [6.07, 6.45) is 2.58. The van der Waals surface area contributed by atoms with Gasteiger partial charge >= 0.3 is 0 Å². The van der Waals surface area contributed by atoms with Gasteiger partial charge in [-0.25, -0.2) is 0 Å². The molecule has 0 bridgehead atoms. The molecule has 0 radical (unpaired) electrons. The third-order valence-electron chi connectivity index (χ3n) is 4.84. The van der Waals surface area contributed by atoms with Crippen molar-refractivity contribution >= 4 is 28.7 Å². The lowest BCUT2D eigenvalue weighted by Gasteiger charge is -2.20. The van der Waals surface area contributed by atoms with E-state index in [0.717, 1.165) is 30.3 Å². The average Bonchev–Trinajstić information content (AvgIpc) is 3.33. The summed E-state index contributed by atoms with van der Waals surface area (Å²) in [5.41, 5.74) is 3.39. The fourth-order valence-corrected chi connectivity index (χ4v) is 3.67. The Morgan fingerprint density at radius 2 is 1.77 bits per heavy atom. The predicted octanol–water partition coefficient (Wildman–Crippen LogP) is 4.06. The van der Waals surface area contributed by atoms with Crippen molar-refractivity contribution in [2.45, 2.75) is 25.8 Å². The first-order valence-electron chi connectivity index (χ1n) is 9.01. The summed E-state index contributed by atoms with van der Waals surface area (Å²) in [6.45, 7) is 4.71. The van der Waals surface area contributed by atoms with Crippen LogP contribution in [-0.4, -0.2) is 25.0 Å². The summed E-state index contributed by atoms with van der Waals surface area (Å²) < 4.78 is 10.7. The monoisotopic (exact) mass is 369 g/mol. The lowest BCUT2D eigenvalue weighted by atomic mass is 10.1. The molecule has 0 amide bonds. The molecule has 2 heterocycles. The van der Waals surface area contributed by atoms with E-state index in [2.05, 4.69) is 46.7 Å². The molecule has 5 nitrogen and oxygen atoms in total. The average molecular weight is 369 g/mol. The molecule has 1 fully saturated rings. The van der Waals surface area contributed by atoms with Gasteiger partial charge in [-0.3, -0.25) is 0 Å². The quantitative estimate of drug-likeness (QED) is 0.793. The third-order valence-corrected chi connectivity index (χ3v) is 5.06. The lowest BCUT2D eigenvalue weighted by Crippen LogP contribution is -2.30. The Bertz CT molecular complexity index is 788. The summed E-state index contributed by atoms with van der Waals surface area (Å²) in [6, 6.07) is 14.6. The van der Waals surface area contributed by atoms with Gasteiger partial charge in [0.2, 0.25) is 6.79 Å². The van der Waals surface area contributed by atoms with E-state index in [1.165, 1.54) is 24.1 Å². The summed E-state index contributed by atoms with van der Waals surface area (Å²) >= 11 is 5.45. The number of hydrogen-bond acceptors (Lipinski definition) is 4. The van der Waals surface area contributed by atoms with Crippen molar-refractivity contribution in [3.05, 3.63) is 48.0 Å². The zero-order valence-corrected chi connectivity index (χ0v) is 15.6. The molecule has 2 aromatic carbocycles. The molecule has 2 aromatic rings. The number of nitrogens with zero attached hydrogens (tertiary/aromatic N) is 1. The molecule has 1 saturated heterocycles. The molecule has 2 aliphatic rings. The van der Waals surface area contributed by atoms with Crippen molar-refractivity contribution in [1.82, 2.24) is 5.32 Å². The zero-order valence-electron chi connectivity index (χ0n) is 14.8. The second kappa shape index (κ2) is 7.41. The Labute approximate surface area is 159 Å². The van der Waals surface area contributed by atoms with E-state index in [-0.39, 0.29) is 12.8 Å². The van der Waals surface area contributed by atoms with Crippen molar-refractivity contribution in [2.75, 3.05) is 30.1 Å². The Balaban J connectivity index is 1.35. The van der Waals surface area contributed by atoms with E-state index >= 15 is 0 Å². The van der Waals surface area contributed by atoms with Crippen molar-refractivity contribution in [3.8, 4) is 11.5 Å². The van der Waals surface area contributed by atoms with Gasteiger partial charge in [-0.1, -0.05) is 12.1 Å². The molecular formula is C20H23N3O2S. The minimum absolute atomic E-state index is 0.122. The second-order valence-electron chi connectivity index (χ2n) is 6.67. The number of thiocarbonyl (C=S) groups is 1. The van der Waals surface area contributed by atoms with Crippen LogP contribution in [-0.2, 0) is 0 Å². The van der Waals surface area contributed by atoms with Crippen LogP contribution < -0.4 is 25.0 Å². The summed E-state index contributed by atoms with van der Waals surface area (Å²) in [7, 11) is 0. The highest BCUT2D eigenvalue weighted by atomic mass is 32.1. The van der Waals surface area contributed by atoms with Crippen LogP contribution in [0.4, 0.5) is 11.4 Å². The molecule has 0 aromatic heterocycles. The molecule has 2 N–H and O–H groups in total. The van der Waals surface area contributed by atoms with Crippen molar-refractivity contribution in [2.24, 2.45) is 0 Å². The standard InChI is InChI=1S/C20H23N3O2S/c1-14(15-4-7-17(8-5-15)23-10-2-3-11-23)21-20(26)22-16-6-9-18-19(12-16)25-13-24-18/h4-9,12,14H,2-3,10-11,13H2,1H3,(H2,21,22,26)/t14-/m1/s1. The minimum atomic E-state index is 0.122. The van der Waals surface area contributed by atoms with Crippen LogP contribution in [0.2, 0.25) is 0 Å². The highest BCUT2D eigenvalue weighted by molar-refractivity contribution is 7.80. The first kappa shape index (κ1) is 17.0. The van der Waals surface area contributed by atoms with Crippen molar-refractivity contribution in [3.63, 3.8) is 0 Å². The van der Waals surface area contributed by atoms with Gasteiger partial charge in [-0.05, 0) is 61.8 Å². The SMILES string of the molecule is C[C@@H](NC(=S)Nc1ccc2c(c1)OCO2)c1ccc(N2CCCC2)cc1. The number of hydrogen-bond donors (Lipinski definition) is 2. The van der Waals surface area contributed by atoms with Gasteiger partial charge in [0.1, 0.15) is 0 Å². The van der Waals surface area contributed by atoms with Gasteiger partial charge < -0.3 is 25.0 Å². The van der Waals surface area contributed by atoms with Gasteiger partial charge in [0.25, 0.3) is 0 Å². The Hall–Kier alpha value is -2.47. The first-order chi connectivity index (χ1) is 12.7. The molecule has 2 aliphatic heterocycles. The molecular weight excluding hydrogens is 346 g/mol. The third kappa shape index (κ3) is 3.70. The van der Waals surface area contributed by atoms with E-state index in [4.69, 9.17) is 21.7 Å². The summed E-state index contributed by atoms with van der Waals surface area (Å²) in [4.78, 5) is 2.44. The van der Waals surface area contributed by atoms with Gasteiger partial charge in [-0.2, -0.15) is 0 Å². The largest absolute Gasteiger partial charge is 0.454 e. The maximum atomic E-state index is 5.45. The molecule has 0 unspecified atom stereocenters. The molecule has 0 saturated carbocycles. The number of ether oxygens (including phenoxy) is 2. The van der Waals surface area contributed by atoms with Crippen molar-refractivity contribution in [1.29, 1.82) is 0 Å². The highest BCUT2D eigenvalue weighted by Gasteiger charge is 2.15. The molecule has 6 heteroatoms. The van der Waals surface area contributed by atoms with Crippen LogP contribution in [0.15, 0.2) is 42.5 Å². The van der Waals surface area contributed by atoms with E-state index in [0.29, 0.717) is 5.11 Å². The van der Waals surface area contributed by atoms with Crippen LogP contribution in [0.1, 0.15) is 31.4 Å². The molecule has 4 rings (SSSR count). The summed E-state index contributed by atoms with van der Waals surface area (Å²) in [5, 5.41) is 7.12. The van der Waals surface area contributed by atoms with Crippen LogP contribution >= 0.6 is 12.2 Å². The fraction of sp³-hybridized carbons (Fsp3) is 0.350. The van der Waals surface area contributed by atoms with E-state index in [1.54, 1.807) is 0 Å². The molecule has 1 atom stereocenters. The highest BCUT2D eigenvalue weighted by Crippen LogP contribution is 2.34. The molecule has 0 aliphatic carbocycles. The van der Waals surface area contributed by atoms with Crippen LogP contribution in [0.5, 0.6) is 11.5 Å². The molecule has 136 valence electrons. The normalized spacial score (nSPS) is 16.4. The zero-order chi connectivity index (χ0) is 17.9. The van der Waals surface area contributed by atoms with E-state index < -0.39 is 0 Å². The second-order valence-corrected chi connectivity index (χ2v) is 7.08. The predicted molar refractivity (Wildman–Crippen MR) is 108 cm³/mol. The maximum Gasteiger partial charge on any atom is 0.231 e. The Morgan fingerprint density at radius 1 is 1.04 bits per heavy atom. The van der Waals surface area contributed by atoms with Crippen molar-refractivity contribution < 1.29 is 9.47 Å². The van der Waals surface area contributed by atoms with Crippen LogP contribution in [0.25, 0.3) is 0 Å². The van der Waals surface area contributed by atoms with Gasteiger partial charge in [0.05, 0.1) is 6.04 Å². The number of benzene rings is 2. The van der Waals surface area contributed by atoms with Crippen LogP contribution in [0, 0.1) is 0 Å². The first-order valence-corrected chi connectivity index (χ1v) is 9.42. The Kier molecular flexibility index (Phi) is 4.84. The lowest BCUT2D eigenvalue weighted by molar-refractivity contribution is 0.174. The summed E-state index contributed by atoms with van der Waals surface area (Å²) in [5.74, 6) is 1.50. The molecule has 26 heavy (non-hydrogen) atoms. The number of rotatable bonds is 4. The minimum Gasteiger partial charge on any atom is -0.454 e. The number of fused-ring (bicyclic) bond motifs is 1. The Morgan fingerprint density at radius 3 is 2.54 bits per heavy atom. The van der Waals surface area contributed by atoms with E-state index in [1.807, 2.05) is 18.2 Å². The number of nitrogens with one attached hydrogen (secondary N) is 2. The molecule has 0 spiro atoms. The van der Waals surface area contributed by atoms with Crippen LogP contribution in [0.3, 0.4) is 0 Å². The number of anilines is 2. The van der Waals surface area contributed by atoms with E-state index in [9.17, 15) is 0 Å². The topological polar surface area (TPSA) is 45.8 Å².